The standard InChI is InChI=1S/2C10H11NO.3C10H11NS/c1-7(2)10-11-8-5-3-4-6-9(8)12-10;1-7(2)10-8-5-3-4-6-9(8)12-11-10;1-7(2)10-11-8-5-3-4-6-9(8)12-10;1-7(2)10-8-5-3-4-6-9(8)12-11-10;1-7(2)10-8-5-3-4-6-9(8)11-12-10/h5*3-7H,1-2H3. The highest BCUT2D eigenvalue weighted by molar-refractivity contribution is 7.18. The lowest BCUT2D eigenvalue weighted by molar-refractivity contribution is 0.441. The molecule has 0 saturated carbocycles. The minimum absolute atomic E-state index is 0.359. The summed E-state index contributed by atoms with van der Waals surface area (Å²) in [5.74, 6) is 3.26. The summed E-state index contributed by atoms with van der Waals surface area (Å²) in [7, 11) is 0. The lowest BCUT2D eigenvalue weighted by Crippen LogP contribution is -1.86. The first-order valence-corrected chi connectivity index (χ1v) is 23.0. The molecule has 0 atom stereocenters. The molecule has 0 spiro atoms. The highest BCUT2D eigenvalue weighted by atomic mass is 32.1. The number of hydrogen-bond acceptors (Lipinski definition) is 10. The average Bonchev–Trinajstić information content (AvgIpc) is 4.09. The minimum atomic E-state index is 0.359. The minimum Gasteiger partial charge on any atom is -0.440 e. The Bertz CT molecular complexity index is 2510. The third-order valence-corrected chi connectivity index (χ3v) is 12.8. The monoisotopic (exact) mass is 853 g/mol. The molecule has 10 heteroatoms. The largest absolute Gasteiger partial charge is 0.440 e. The fourth-order valence-corrected chi connectivity index (χ4v) is 8.97. The molecule has 0 aliphatic rings. The number of para-hydroxylation sites is 4. The molecule has 5 heterocycles. The van der Waals surface area contributed by atoms with Crippen molar-refractivity contribution in [1.29, 1.82) is 0 Å². The number of benzene rings is 5. The molecule has 10 aromatic rings. The van der Waals surface area contributed by atoms with Crippen LogP contribution in [0.1, 0.15) is 126 Å². The van der Waals surface area contributed by atoms with E-state index in [0.717, 1.165) is 44.7 Å². The SMILES string of the molecule is CC(C)c1nc2ccccc2o1.CC(C)c1nc2ccccc2s1.CC(C)c1noc2ccccc12.CC(C)c1nsc2ccccc12.CC(C)c1snc2ccccc12. The van der Waals surface area contributed by atoms with E-state index in [9.17, 15) is 0 Å². The van der Waals surface area contributed by atoms with Gasteiger partial charge in [0.15, 0.2) is 17.1 Å². The van der Waals surface area contributed by atoms with E-state index in [1.54, 1.807) is 34.4 Å². The van der Waals surface area contributed by atoms with Crippen molar-refractivity contribution in [1.82, 2.24) is 23.9 Å². The van der Waals surface area contributed by atoms with Crippen molar-refractivity contribution >= 4 is 87.7 Å². The quantitative estimate of drug-likeness (QED) is 0.170. The van der Waals surface area contributed by atoms with Crippen LogP contribution >= 0.6 is 34.4 Å². The Morgan fingerprint density at radius 3 is 1.62 bits per heavy atom. The van der Waals surface area contributed by atoms with E-state index < -0.39 is 0 Å². The Hall–Kier alpha value is -5.29. The number of hydrogen-bond donors (Lipinski definition) is 0. The van der Waals surface area contributed by atoms with Crippen molar-refractivity contribution in [3.63, 3.8) is 0 Å². The lowest BCUT2D eigenvalue weighted by Gasteiger charge is -1.98. The van der Waals surface area contributed by atoms with Gasteiger partial charge in [-0.3, -0.25) is 0 Å². The molecule has 5 aromatic carbocycles. The van der Waals surface area contributed by atoms with E-state index in [4.69, 9.17) is 8.94 Å². The number of oxazole rings is 1. The number of aromatic nitrogens is 5. The lowest BCUT2D eigenvalue weighted by atomic mass is 10.1. The maximum absolute atomic E-state index is 5.52. The molecule has 0 saturated heterocycles. The number of thiazole rings is 1. The predicted octanol–water partition coefficient (Wildman–Crippen LogP) is 16.2. The van der Waals surface area contributed by atoms with Gasteiger partial charge in [0.05, 0.1) is 36.8 Å². The summed E-state index contributed by atoms with van der Waals surface area (Å²) >= 11 is 5.01. The molecule has 10 rings (SSSR count). The topological polar surface area (TPSA) is 90.7 Å². The molecule has 7 nitrogen and oxygen atoms in total. The number of nitrogens with zero attached hydrogens (tertiary/aromatic N) is 5. The van der Waals surface area contributed by atoms with Gasteiger partial charge in [0.1, 0.15) is 5.52 Å². The Labute approximate surface area is 365 Å². The normalized spacial score (nSPS) is 11.2. The summed E-state index contributed by atoms with van der Waals surface area (Å²) in [4.78, 5) is 10.3. The molecule has 0 aliphatic carbocycles. The van der Waals surface area contributed by atoms with Gasteiger partial charge < -0.3 is 8.94 Å². The molecule has 310 valence electrons. The van der Waals surface area contributed by atoms with Gasteiger partial charge in [-0.25, -0.2) is 9.97 Å². The molecule has 0 amide bonds. The first-order chi connectivity index (χ1) is 28.9. The van der Waals surface area contributed by atoms with Crippen LogP contribution in [-0.2, 0) is 0 Å². The smallest absolute Gasteiger partial charge is 0.198 e. The van der Waals surface area contributed by atoms with Crippen LogP contribution in [0, 0.1) is 0 Å². The van der Waals surface area contributed by atoms with Crippen LogP contribution in [0.2, 0.25) is 0 Å². The number of rotatable bonds is 5. The fourth-order valence-electron chi connectivity index (χ4n) is 6.24. The Balaban J connectivity index is 0.000000126. The van der Waals surface area contributed by atoms with Crippen molar-refractivity contribution in [2.45, 2.75) is 98.8 Å². The summed E-state index contributed by atoms with van der Waals surface area (Å²) in [6.45, 7) is 21.5. The Kier molecular flexibility index (Phi) is 15.3. The molecule has 0 bridgehead atoms. The van der Waals surface area contributed by atoms with Crippen molar-refractivity contribution in [2.24, 2.45) is 0 Å². The molecule has 0 fully saturated rings. The fraction of sp³-hybridized carbons (Fsp3) is 0.300. The van der Waals surface area contributed by atoms with Gasteiger partial charge in [0.25, 0.3) is 0 Å². The van der Waals surface area contributed by atoms with Crippen LogP contribution in [0.25, 0.3) is 53.3 Å². The van der Waals surface area contributed by atoms with E-state index in [2.05, 4.69) is 154 Å². The maximum Gasteiger partial charge on any atom is 0.198 e. The number of fused-ring (bicyclic) bond motifs is 5. The van der Waals surface area contributed by atoms with Crippen LogP contribution < -0.4 is 0 Å². The van der Waals surface area contributed by atoms with Gasteiger partial charge in [-0.1, -0.05) is 147 Å². The van der Waals surface area contributed by atoms with Gasteiger partial charge in [-0.05, 0) is 89.3 Å². The Morgan fingerprint density at radius 1 is 0.433 bits per heavy atom. The summed E-state index contributed by atoms with van der Waals surface area (Å²) < 4.78 is 22.1. The van der Waals surface area contributed by atoms with Gasteiger partial charge in [0.2, 0.25) is 0 Å². The van der Waals surface area contributed by atoms with Crippen LogP contribution in [-0.4, -0.2) is 23.9 Å². The van der Waals surface area contributed by atoms with E-state index in [-0.39, 0.29) is 0 Å². The second-order valence-corrected chi connectivity index (χ2v) is 18.7. The van der Waals surface area contributed by atoms with Crippen molar-refractivity contribution < 1.29 is 8.94 Å². The van der Waals surface area contributed by atoms with Gasteiger partial charge in [0, 0.05) is 32.9 Å². The van der Waals surface area contributed by atoms with Gasteiger partial charge in [-0.15, -0.1) is 11.3 Å². The summed E-state index contributed by atoms with van der Waals surface area (Å²) in [6.07, 6.45) is 0. The van der Waals surface area contributed by atoms with Gasteiger partial charge in [-0.2, -0.15) is 8.75 Å². The molecular formula is C50H55N5O2S3. The predicted molar refractivity (Wildman–Crippen MR) is 257 cm³/mol. The van der Waals surface area contributed by atoms with E-state index in [1.165, 1.54) is 35.8 Å². The van der Waals surface area contributed by atoms with Gasteiger partial charge >= 0.3 is 0 Å². The molecule has 0 aliphatic heterocycles. The molecule has 5 aromatic heterocycles. The molecule has 0 unspecified atom stereocenters. The Morgan fingerprint density at radius 2 is 1.00 bits per heavy atom. The van der Waals surface area contributed by atoms with Crippen LogP contribution in [0.5, 0.6) is 0 Å². The van der Waals surface area contributed by atoms with Crippen LogP contribution in [0.15, 0.2) is 130 Å². The summed E-state index contributed by atoms with van der Waals surface area (Å²) in [5.41, 5.74) is 7.24. The van der Waals surface area contributed by atoms with E-state index >= 15 is 0 Å². The second-order valence-electron chi connectivity index (χ2n) is 16.0. The molecule has 0 radical (unpaired) electrons. The highest BCUT2D eigenvalue weighted by Crippen LogP contribution is 2.30. The molecule has 60 heavy (non-hydrogen) atoms. The molecular weight excluding hydrogens is 799 g/mol. The third-order valence-electron chi connectivity index (χ3n) is 9.45. The molecule has 0 N–H and O–H groups in total. The van der Waals surface area contributed by atoms with Crippen molar-refractivity contribution in [2.75, 3.05) is 0 Å². The zero-order chi connectivity index (χ0) is 42.8. The average molecular weight is 854 g/mol. The van der Waals surface area contributed by atoms with Crippen molar-refractivity contribution in [3.8, 4) is 0 Å². The van der Waals surface area contributed by atoms with E-state index in [1.807, 2.05) is 60.7 Å². The van der Waals surface area contributed by atoms with Crippen LogP contribution in [0.3, 0.4) is 0 Å². The maximum atomic E-state index is 5.52. The zero-order valence-electron chi connectivity index (χ0n) is 36.2. The second kappa shape index (κ2) is 20.8. The van der Waals surface area contributed by atoms with E-state index in [0.29, 0.717) is 29.6 Å². The van der Waals surface area contributed by atoms with Crippen molar-refractivity contribution in [3.05, 3.63) is 148 Å². The third kappa shape index (κ3) is 11.1. The highest BCUT2D eigenvalue weighted by Gasteiger charge is 2.11. The zero-order valence-corrected chi connectivity index (χ0v) is 38.7. The van der Waals surface area contributed by atoms with Crippen LogP contribution in [0.4, 0.5) is 0 Å². The first-order valence-electron chi connectivity index (χ1n) is 20.6. The summed E-state index contributed by atoms with van der Waals surface area (Å²) in [6, 6.07) is 40.8. The summed E-state index contributed by atoms with van der Waals surface area (Å²) in [5, 5.41) is 9.02. The first kappa shape index (κ1) is 44.3.